The number of halogens is 1. The Morgan fingerprint density at radius 2 is 1.73 bits per heavy atom. The third-order valence-corrected chi connectivity index (χ3v) is 9.10. The number of rotatable bonds is 10. The van der Waals surface area contributed by atoms with Crippen LogP contribution in [0.4, 0.5) is 16.2 Å². The van der Waals surface area contributed by atoms with E-state index in [-0.39, 0.29) is 23.3 Å². The molecule has 2 amide bonds. The van der Waals surface area contributed by atoms with E-state index in [1.807, 2.05) is 47.4 Å². The van der Waals surface area contributed by atoms with Crippen LogP contribution in [0, 0.1) is 5.92 Å². The topological polar surface area (TPSA) is 115 Å². The molecule has 0 atom stereocenters. The van der Waals surface area contributed by atoms with Crippen LogP contribution in [-0.4, -0.2) is 68.9 Å². The van der Waals surface area contributed by atoms with Crippen molar-refractivity contribution in [3.63, 3.8) is 0 Å². The third-order valence-electron chi connectivity index (χ3n) is 6.88. The number of ether oxygens (including phenoxy) is 4. The first-order chi connectivity index (χ1) is 21.0. The van der Waals surface area contributed by atoms with Crippen molar-refractivity contribution in [2.24, 2.45) is 5.92 Å². The Hall–Kier alpha value is -3.77. The highest BCUT2D eigenvalue weighted by Crippen LogP contribution is 2.46. The van der Waals surface area contributed by atoms with Gasteiger partial charge in [-0.15, -0.1) is 11.3 Å². The highest BCUT2D eigenvalue weighted by Gasteiger charge is 2.27. The van der Waals surface area contributed by atoms with Crippen LogP contribution in [0.2, 0.25) is 0 Å². The number of hydrogen-bond donors (Lipinski definition) is 2. The monoisotopic (exact) mass is 687 g/mol. The Labute approximate surface area is 270 Å². The van der Waals surface area contributed by atoms with Crippen molar-refractivity contribution >= 4 is 56.6 Å². The predicted molar refractivity (Wildman–Crippen MR) is 175 cm³/mol. The second kappa shape index (κ2) is 14.8. The number of carbonyl (C=O) groups is 3. The van der Waals surface area contributed by atoms with Gasteiger partial charge >= 0.3 is 18.0 Å². The van der Waals surface area contributed by atoms with Crippen LogP contribution in [0.5, 0.6) is 11.5 Å². The average molecular weight is 689 g/mol. The molecule has 236 valence electrons. The molecule has 2 heterocycles. The molecule has 0 saturated carbocycles. The molecule has 1 aliphatic heterocycles. The zero-order valence-electron chi connectivity index (χ0n) is 25.5. The first kappa shape index (κ1) is 33.1. The summed E-state index contributed by atoms with van der Waals surface area (Å²) in [5, 5.41) is 6.48. The lowest BCUT2D eigenvalue weighted by Crippen LogP contribution is -2.42. The maximum absolute atomic E-state index is 12.8. The Morgan fingerprint density at radius 3 is 2.41 bits per heavy atom. The molecule has 1 aromatic heterocycles. The lowest BCUT2D eigenvalue weighted by molar-refractivity contribution is -0.157. The maximum Gasteiger partial charge on any atom is 0.351 e. The molecular weight excluding hydrogens is 650 g/mol. The Kier molecular flexibility index (Phi) is 11.1. The van der Waals surface area contributed by atoms with Crippen molar-refractivity contribution in [1.29, 1.82) is 0 Å². The number of likely N-dealkylation sites (tertiary alicyclic amines) is 1. The van der Waals surface area contributed by atoms with Gasteiger partial charge in [-0.25, -0.2) is 14.4 Å². The van der Waals surface area contributed by atoms with Gasteiger partial charge in [0.25, 0.3) is 0 Å². The molecule has 1 fully saturated rings. The summed E-state index contributed by atoms with van der Waals surface area (Å²) in [5.41, 5.74) is 1.85. The van der Waals surface area contributed by atoms with Gasteiger partial charge in [-0.1, -0.05) is 18.2 Å². The maximum atomic E-state index is 12.8. The molecule has 0 bridgehead atoms. The highest BCUT2D eigenvalue weighted by molar-refractivity contribution is 9.10. The fourth-order valence-corrected chi connectivity index (χ4v) is 6.68. The molecule has 1 aliphatic rings. The van der Waals surface area contributed by atoms with Gasteiger partial charge < -0.3 is 34.5 Å². The number of piperidine rings is 1. The molecule has 4 rings (SSSR count). The summed E-state index contributed by atoms with van der Waals surface area (Å²) in [6, 6.07) is 15.1. The van der Waals surface area contributed by atoms with Crippen molar-refractivity contribution < 1.29 is 33.3 Å². The Bertz CT molecular complexity index is 1480. The number of benzene rings is 2. The summed E-state index contributed by atoms with van der Waals surface area (Å²) in [6.45, 7) is 7.08. The van der Waals surface area contributed by atoms with E-state index in [0.717, 1.165) is 35.5 Å². The minimum atomic E-state index is -0.654. The molecular formula is C32H38BrN3O7S. The van der Waals surface area contributed by atoms with Crippen molar-refractivity contribution in [2.45, 2.75) is 39.2 Å². The van der Waals surface area contributed by atoms with E-state index in [4.69, 9.17) is 18.9 Å². The van der Waals surface area contributed by atoms with Crippen LogP contribution in [0.1, 0.15) is 43.3 Å². The molecule has 2 aromatic carbocycles. The van der Waals surface area contributed by atoms with Crippen molar-refractivity contribution in [3.05, 3.63) is 57.9 Å². The van der Waals surface area contributed by atoms with Crippen LogP contribution in [-0.2, 0) is 14.3 Å². The molecule has 1 saturated heterocycles. The fraction of sp³-hybridized carbons (Fsp3) is 0.406. The molecule has 10 nitrogen and oxygen atoms in total. The SMILES string of the molecule is COC(=O)c1sc(-c2cccc(NCC3CCN(C(=O)Nc4cccc(OC)c4)CC3)c2)c(Br)c1OCC(=O)OC(C)(C)C. The molecule has 0 spiro atoms. The number of urea groups is 1. The Balaban J connectivity index is 1.36. The van der Waals surface area contributed by atoms with Gasteiger partial charge in [-0.3, -0.25) is 0 Å². The summed E-state index contributed by atoms with van der Waals surface area (Å²) in [6.07, 6.45) is 1.77. The minimum absolute atomic E-state index is 0.111. The quantitative estimate of drug-likeness (QED) is 0.218. The number of esters is 2. The summed E-state index contributed by atoms with van der Waals surface area (Å²) >= 11 is 4.80. The van der Waals surface area contributed by atoms with Gasteiger partial charge in [0.1, 0.15) is 11.4 Å². The summed E-state index contributed by atoms with van der Waals surface area (Å²) < 4.78 is 21.9. The van der Waals surface area contributed by atoms with Gasteiger partial charge in [0.2, 0.25) is 0 Å². The molecule has 0 unspecified atom stereocenters. The zero-order chi connectivity index (χ0) is 31.9. The first-order valence-corrected chi connectivity index (χ1v) is 15.9. The number of methoxy groups -OCH3 is 2. The molecule has 2 N–H and O–H groups in total. The van der Waals surface area contributed by atoms with Gasteiger partial charge in [0, 0.05) is 37.1 Å². The van der Waals surface area contributed by atoms with E-state index in [9.17, 15) is 14.4 Å². The second-order valence-corrected chi connectivity index (χ2v) is 13.1. The summed E-state index contributed by atoms with van der Waals surface area (Å²) in [5.74, 6) is 0.246. The molecule has 3 aromatic rings. The number of carbonyl (C=O) groups excluding carboxylic acids is 3. The largest absolute Gasteiger partial charge is 0.497 e. The summed E-state index contributed by atoms with van der Waals surface area (Å²) in [4.78, 5) is 40.4. The van der Waals surface area contributed by atoms with Crippen molar-refractivity contribution in [1.82, 2.24) is 4.90 Å². The van der Waals surface area contributed by atoms with Gasteiger partial charge in [-0.2, -0.15) is 0 Å². The number of amides is 2. The third kappa shape index (κ3) is 8.88. The van der Waals surface area contributed by atoms with Crippen molar-refractivity contribution in [3.8, 4) is 21.9 Å². The lowest BCUT2D eigenvalue weighted by atomic mass is 9.97. The standard InChI is InChI=1S/C32H38BrN3O7S/c1-32(2,3)43-25(37)19-42-27-26(33)28(44-29(27)30(38)41-5)21-8-6-9-22(16-21)34-18-20-12-14-36(15-13-20)31(39)35-23-10-7-11-24(17-23)40-4/h6-11,16-17,20,34H,12-15,18-19H2,1-5H3,(H,35,39). The van der Waals surface area contributed by atoms with Gasteiger partial charge in [-0.05, 0) is 85.3 Å². The van der Waals surface area contributed by atoms with E-state index < -0.39 is 17.5 Å². The smallest absolute Gasteiger partial charge is 0.351 e. The van der Waals surface area contributed by atoms with Crippen LogP contribution < -0.4 is 20.1 Å². The number of nitrogens with zero attached hydrogens (tertiary/aromatic N) is 1. The molecule has 0 aliphatic carbocycles. The van der Waals surface area contributed by atoms with Gasteiger partial charge in [0.15, 0.2) is 17.2 Å². The van der Waals surface area contributed by atoms with E-state index in [2.05, 4.69) is 26.6 Å². The number of thiophene rings is 1. The normalized spacial score (nSPS) is 13.6. The molecule has 12 heteroatoms. The molecule has 44 heavy (non-hydrogen) atoms. The first-order valence-electron chi connectivity index (χ1n) is 14.3. The van der Waals surface area contributed by atoms with Crippen LogP contribution in [0.3, 0.4) is 0 Å². The van der Waals surface area contributed by atoms with Gasteiger partial charge in [0.05, 0.1) is 23.6 Å². The number of anilines is 2. The number of nitrogens with one attached hydrogen (secondary N) is 2. The average Bonchev–Trinajstić information content (AvgIpc) is 3.34. The van der Waals surface area contributed by atoms with E-state index >= 15 is 0 Å². The summed E-state index contributed by atoms with van der Waals surface area (Å²) in [7, 11) is 2.90. The van der Waals surface area contributed by atoms with Crippen LogP contribution >= 0.6 is 27.3 Å². The zero-order valence-corrected chi connectivity index (χ0v) is 27.9. The predicted octanol–water partition coefficient (Wildman–Crippen LogP) is 7.05. The van der Waals surface area contributed by atoms with E-state index in [0.29, 0.717) is 34.9 Å². The van der Waals surface area contributed by atoms with E-state index in [1.54, 1.807) is 33.9 Å². The highest BCUT2D eigenvalue weighted by atomic mass is 79.9. The molecule has 0 radical (unpaired) electrons. The van der Waals surface area contributed by atoms with Crippen LogP contribution in [0.15, 0.2) is 53.0 Å². The van der Waals surface area contributed by atoms with E-state index in [1.165, 1.54) is 18.4 Å². The van der Waals surface area contributed by atoms with Crippen LogP contribution in [0.25, 0.3) is 10.4 Å². The number of hydrogen-bond acceptors (Lipinski definition) is 9. The Morgan fingerprint density at radius 1 is 1.02 bits per heavy atom. The minimum Gasteiger partial charge on any atom is -0.497 e. The second-order valence-electron chi connectivity index (χ2n) is 11.3. The van der Waals surface area contributed by atoms with Crippen molar-refractivity contribution in [2.75, 3.05) is 51.1 Å². The fourth-order valence-electron chi connectivity index (χ4n) is 4.72. The lowest BCUT2D eigenvalue weighted by Gasteiger charge is -2.32.